The molecule has 4 heteroatoms. The van der Waals surface area contributed by atoms with E-state index in [2.05, 4.69) is 21.8 Å². The summed E-state index contributed by atoms with van der Waals surface area (Å²) in [6.07, 6.45) is 6.92. The van der Waals surface area contributed by atoms with Crippen molar-refractivity contribution in [1.29, 1.82) is 0 Å². The molecule has 15 heavy (non-hydrogen) atoms. The molecular weight excluding hydrogens is 188 g/mol. The maximum absolute atomic E-state index is 5.51. The first-order chi connectivity index (χ1) is 7.34. The molecule has 2 heterocycles. The minimum absolute atomic E-state index is 0.617. The highest BCUT2D eigenvalue weighted by Gasteiger charge is 1.87. The van der Waals surface area contributed by atoms with Crippen LogP contribution in [0.25, 0.3) is 0 Å². The van der Waals surface area contributed by atoms with Crippen molar-refractivity contribution in [1.82, 2.24) is 14.5 Å². The van der Waals surface area contributed by atoms with Crippen molar-refractivity contribution in [2.24, 2.45) is 0 Å². The van der Waals surface area contributed by atoms with Gasteiger partial charge in [-0.3, -0.25) is 0 Å². The van der Waals surface area contributed by atoms with Gasteiger partial charge in [-0.2, -0.15) is 0 Å². The van der Waals surface area contributed by atoms with E-state index >= 15 is 0 Å². The molecule has 2 rings (SSSR count). The minimum Gasteiger partial charge on any atom is -0.397 e. The highest BCUT2D eigenvalue weighted by molar-refractivity contribution is 5.38. The maximum Gasteiger partial charge on any atom is 0.113 e. The minimum atomic E-state index is 0.617. The standard InChI is InChI=1S/C11H10N4/c12-10-3-4-11(14-8-10)2-1-6-15-7-5-13-9-15/h3-5,7-9H,6,12H2. The van der Waals surface area contributed by atoms with E-state index in [1.807, 2.05) is 10.8 Å². The molecule has 2 N–H and O–H groups in total. The van der Waals surface area contributed by atoms with Crippen molar-refractivity contribution < 1.29 is 0 Å². The molecule has 0 unspecified atom stereocenters. The van der Waals surface area contributed by atoms with Gasteiger partial charge in [0.25, 0.3) is 0 Å². The zero-order valence-corrected chi connectivity index (χ0v) is 8.09. The van der Waals surface area contributed by atoms with Gasteiger partial charge in [0.15, 0.2) is 0 Å². The lowest BCUT2D eigenvalue weighted by Crippen LogP contribution is -1.91. The van der Waals surface area contributed by atoms with Gasteiger partial charge in [0.2, 0.25) is 0 Å². The Labute approximate surface area is 87.8 Å². The van der Waals surface area contributed by atoms with Gasteiger partial charge in [-0.1, -0.05) is 5.92 Å². The lowest BCUT2D eigenvalue weighted by Gasteiger charge is -1.92. The Balaban J connectivity index is 2.03. The van der Waals surface area contributed by atoms with Crippen LogP contribution in [0, 0.1) is 11.8 Å². The summed E-state index contributed by atoms with van der Waals surface area (Å²) in [5.41, 5.74) is 6.88. The van der Waals surface area contributed by atoms with Gasteiger partial charge in [-0.25, -0.2) is 9.97 Å². The summed E-state index contributed by atoms with van der Waals surface area (Å²) in [6.45, 7) is 0.617. The van der Waals surface area contributed by atoms with E-state index in [0.29, 0.717) is 12.2 Å². The zero-order valence-electron chi connectivity index (χ0n) is 8.09. The average molecular weight is 198 g/mol. The molecule has 74 valence electrons. The quantitative estimate of drug-likeness (QED) is 0.693. The SMILES string of the molecule is Nc1ccc(C#CCn2ccnc2)nc1. The van der Waals surface area contributed by atoms with Crippen LogP contribution < -0.4 is 5.73 Å². The third kappa shape index (κ3) is 2.58. The topological polar surface area (TPSA) is 56.7 Å². The molecule has 0 spiro atoms. The van der Waals surface area contributed by atoms with Crippen LogP contribution in [0.5, 0.6) is 0 Å². The van der Waals surface area contributed by atoms with Gasteiger partial charge in [-0.15, -0.1) is 0 Å². The van der Waals surface area contributed by atoms with Gasteiger partial charge in [-0.05, 0) is 18.1 Å². The number of rotatable bonds is 1. The fourth-order valence-electron chi connectivity index (χ4n) is 1.08. The maximum atomic E-state index is 5.51. The second-order valence-electron chi connectivity index (χ2n) is 3.01. The summed E-state index contributed by atoms with van der Waals surface area (Å²) in [5.74, 6) is 5.94. The van der Waals surface area contributed by atoms with Crippen LogP contribution >= 0.6 is 0 Å². The van der Waals surface area contributed by atoms with Crippen molar-refractivity contribution >= 4 is 5.69 Å². The zero-order chi connectivity index (χ0) is 10.5. The van der Waals surface area contributed by atoms with Gasteiger partial charge in [0.05, 0.1) is 24.8 Å². The fourth-order valence-corrected chi connectivity index (χ4v) is 1.08. The number of nitrogen functional groups attached to an aromatic ring is 1. The second kappa shape index (κ2) is 4.29. The molecule has 0 amide bonds. The average Bonchev–Trinajstić information content (AvgIpc) is 2.74. The normalized spacial score (nSPS) is 9.33. The van der Waals surface area contributed by atoms with E-state index in [1.165, 1.54) is 0 Å². The molecule has 0 radical (unpaired) electrons. The largest absolute Gasteiger partial charge is 0.397 e. The van der Waals surface area contributed by atoms with Gasteiger partial charge in [0, 0.05) is 12.4 Å². The van der Waals surface area contributed by atoms with Gasteiger partial charge < -0.3 is 10.3 Å². The molecule has 0 saturated heterocycles. The highest BCUT2D eigenvalue weighted by Crippen LogP contribution is 1.99. The Morgan fingerprint density at radius 2 is 2.33 bits per heavy atom. The monoisotopic (exact) mass is 198 g/mol. The van der Waals surface area contributed by atoms with E-state index < -0.39 is 0 Å². The van der Waals surface area contributed by atoms with Crippen molar-refractivity contribution in [2.75, 3.05) is 5.73 Å². The number of nitrogens with two attached hydrogens (primary N) is 1. The number of nitrogens with zero attached hydrogens (tertiary/aromatic N) is 3. The molecule has 0 aromatic carbocycles. The summed E-state index contributed by atoms with van der Waals surface area (Å²) in [7, 11) is 0. The summed E-state index contributed by atoms with van der Waals surface area (Å²) in [6, 6.07) is 3.59. The molecule has 0 fully saturated rings. The predicted molar refractivity (Wildman–Crippen MR) is 57.8 cm³/mol. The molecule has 0 aliphatic heterocycles. The van der Waals surface area contributed by atoms with Crippen molar-refractivity contribution in [3.8, 4) is 11.8 Å². The Bertz CT molecular complexity index is 474. The molecule has 2 aromatic rings. The van der Waals surface area contributed by atoms with E-state index in [9.17, 15) is 0 Å². The molecule has 0 aliphatic carbocycles. The second-order valence-corrected chi connectivity index (χ2v) is 3.01. The molecule has 0 bridgehead atoms. The van der Waals surface area contributed by atoms with E-state index in [-0.39, 0.29) is 0 Å². The number of anilines is 1. The van der Waals surface area contributed by atoms with Crippen molar-refractivity contribution in [3.63, 3.8) is 0 Å². The fraction of sp³-hybridized carbons (Fsp3) is 0.0909. The first-order valence-corrected chi connectivity index (χ1v) is 4.51. The molecule has 4 nitrogen and oxygen atoms in total. The third-order valence-electron chi connectivity index (χ3n) is 1.82. The van der Waals surface area contributed by atoms with Crippen molar-refractivity contribution in [2.45, 2.75) is 6.54 Å². The van der Waals surface area contributed by atoms with Crippen LogP contribution in [0.2, 0.25) is 0 Å². The van der Waals surface area contributed by atoms with E-state index in [4.69, 9.17) is 5.73 Å². The first kappa shape index (κ1) is 9.28. The third-order valence-corrected chi connectivity index (χ3v) is 1.82. The Hall–Kier alpha value is -2.28. The Morgan fingerprint density at radius 1 is 1.40 bits per heavy atom. The number of hydrogen-bond donors (Lipinski definition) is 1. The van der Waals surface area contributed by atoms with Crippen LogP contribution in [-0.4, -0.2) is 14.5 Å². The van der Waals surface area contributed by atoms with Crippen LogP contribution in [0.1, 0.15) is 5.69 Å². The molecule has 0 aliphatic rings. The number of hydrogen-bond acceptors (Lipinski definition) is 3. The summed E-state index contributed by atoms with van der Waals surface area (Å²) < 4.78 is 1.89. The molecule has 0 atom stereocenters. The van der Waals surface area contributed by atoms with Crippen molar-refractivity contribution in [3.05, 3.63) is 42.7 Å². The molecular formula is C11H10N4. The Kier molecular flexibility index (Phi) is 2.65. The van der Waals surface area contributed by atoms with Crippen LogP contribution in [-0.2, 0) is 6.54 Å². The van der Waals surface area contributed by atoms with Gasteiger partial charge >= 0.3 is 0 Å². The number of aromatic nitrogens is 3. The molecule has 0 saturated carbocycles. The predicted octanol–water partition coefficient (Wildman–Crippen LogP) is 0.912. The number of imidazole rings is 1. The lowest BCUT2D eigenvalue weighted by molar-refractivity contribution is 0.839. The van der Waals surface area contributed by atoms with Crippen LogP contribution in [0.15, 0.2) is 37.1 Å². The first-order valence-electron chi connectivity index (χ1n) is 4.51. The highest BCUT2D eigenvalue weighted by atomic mass is 15.0. The van der Waals surface area contributed by atoms with Gasteiger partial charge in [0.1, 0.15) is 5.69 Å². The smallest absolute Gasteiger partial charge is 0.113 e. The summed E-state index contributed by atoms with van der Waals surface area (Å²) in [4.78, 5) is 8.00. The molecule has 2 aromatic heterocycles. The summed E-state index contributed by atoms with van der Waals surface area (Å²) >= 11 is 0. The summed E-state index contributed by atoms with van der Waals surface area (Å²) in [5, 5.41) is 0. The van der Waals surface area contributed by atoms with E-state index in [1.54, 1.807) is 30.9 Å². The number of pyridine rings is 1. The van der Waals surface area contributed by atoms with Crippen LogP contribution in [0.4, 0.5) is 5.69 Å². The van der Waals surface area contributed by atoms with E-state index in [0.717, 1.165) is 5.69 Å². The lowest BCUT2D eigenvalue weighted by atomic mass is 10.3. The van der Waals surface area contributed by atoms with Crippen LogP contribution in [0.3, 0.4) is 0 Å². The Morgan fingerprint density at radius 3 is 3.00 bits per heavy atom.